The minimum atomic E-state index is -4.87. The number of aliphatic hydroxyl groups excluding tert-OH is 1. The van der Waals surface area contributed by atoms with Gasteiger partial charge < -0.3 is 20.5 Å². The van der Waals surface area contributed by atoms with Crippen LogP contribution in [0.4, 0.5) is 19.0 Å². The van der Waals surface area contributed by atoms with Crippen LogP contribution in [-0.4, -0.2) is 27.5 Å². The quantitative estimate of drug-likeness (QED) is 0.707. The lowest BCUT2D eigenvalue weighted by Gasteiger charge is -2.27. The molecule has 0 aliphatic rings. The molecule has 0 aliphatic carbocycles. The van der Waals surface area contributed by atoms with E-state index in [1.54, 1.807) is 18.0 Å². The van der Waals surface area contributed by atoms with Gasteiger partial charge in [0.15, 0.2) is 11.6 Å². The van der Waals surface area contributed by atoms with E-state index < -0.39 is 18.2 Å². The van der Waals surface area contributed by atoms with Crippen LogP contribution in [0.15, 0.2) is 43.0 Å². The van der Waals surface area contributed by atoms with Gasteiger partial charge in [-0.2, -0.15) is 0 Å². The fourth-order valence-electron chi connectivity index (χ4n) is 2.11. The van der Waals surface area contributed by atoms with Crippen molar-refractivity contribution in [2.24, 2.45) is 0 Å². The van der Waals surface area contributed by atoms with Crippen molar-refractivity contribution in [1.82, 2.24) is 9.88 Å². The van der Waals surface area contributed by atoms with E-state index in [1.165, 1.54) is 12.3 Å². The maximum absolute atomic E-state index is 12.5. The van der Waals surface area contributed by atoms with E-state index in [2.05, 4.69) is 22.9 Å². The molecule has 0 radical (unpaired) electrons. The van der Waals surface area contributed by atoms with E-state index in [9.17, 15) is 18.3 Å². The number of anilines is 1. The molecule has 0 aliphatic heterocycles. The Balaban J connectivity index is 3.35. The number of rotatable bonds is 8. The first kappa shape index (κ1) is 21.6. The Morgan fingerprint density at radius 2 is 2.00 bits per heavy atom. The topological polar surface area (TPSA) is 71.6 Å². The van der Waals surface area contributed by atoms with Crippen molar-refractivity contribution >= 4 is 11.4 Å². The number of nitrogen functional groups attached to an aromatic ring is 1. The number of hydrogen-bond acceptors (Lipinski definition) is 5. The number of aromatic nitrogens is 1. The summed E-state index contributed by atoms with van der Waals surface area (Å²) in [5.41, 5.74) is 7.61. The van der Waals surface area contributed by atoms with Crippen molar-refractivity contribution < 1.29 is 23.0 Å². The number of hydrogen-bond donors (Lipinski definition) is 2. The van der Waals surface area contributed by atoms with Crippen LogP contribution in [0.1, 0.15) is 39.2 Å². The number of nitrogens with two attached hydrogens (primary N) is 1. The van der Waals surface area contributed by atoms with Gasteiger partial charge in [0.25, 0.3) is 0 Å². The third kappa shape index (κ3) is 5.80. The van der Waals surface area contributed by atoms with E-state index in [4.69, 9.17) is 5.73 Å². The minimum absolute atomic E-state index is 0.357. The lowest BCUT2D eigenvalue weighted by Crippen LogP contribution is -2.22. The molecule has 5 nitrogen and oxygen atoms in total. The number of allylic oxidation sites excluding steroid dienone is 2. The highest BCUT2D eigenvalue weighted by atomic mass is 19.4. The van der Waals surface area contributed by atoms with E-state index in [1.807, 2.05) is 13.8 Å². The van der Waals surface area contributed by atoms with Crippen LogP contribution in [-0.2, 0) is 0 Å². The summed E-state index contributed by atoms with van der Waals surface area (Å²) in [4.78, 5) is 5.41. The number of alkyl halides is 3. The van der Waals surface area contributed by atoms with Gasteiger partial charge in [-0.3, -0.25) is 0 Å². The third-order valence-corrected chi connectivity index (χ3v) is 3.68. The molecule has 0 spiro atoms. The Hall–Kier alpha value is -2.48. The molecule has 1 aromatic heterocycles. The SMILES string of the molecule is C=C(CC)N(/C=C(\CC)c1cnc(N)c(OC(F)(F)F)c1)C(=C)C(C)O. The largest absolute Gasteiger partial charge is 0.573 e. The third-order valence-electron chi connectivity index (χ3n) is 3.68. The fourth-order valence-corrected chi connectivity index (χ4v) is 2.11. The van der Waals surface area contributed by atoms with Crippen LogP contribution in [0.25, 0.3) is 5.57 Å². The first-order chi connectivity index (χ1) is 12.0. The summed E-state index contributed by atoms with van der Waals surface area (Å²) in [6, 6.07) is 1.18. The van der Waals surface area contributed by atoms with Crippen LogP contribution < -0.4 is 10.5 Å². The Labute approximate surface area is 151 Å². The Morgan fingerprint density at radius 1 is 1.38 bits per heavy atom. The predicted molar refractivity (Wildman–Crippen MR) is 95.7 cm³/mol. The average molecular weight is 371 g/mol. The highest BCUT2D eigenvalue weighted by Crippen LogP contribution is 2.31. The molecule has 1 heterocycles. The smallest absolute Gasteiger partial charge is 0.402 e. The first-order valence-electron chi connectivity index (χ1n) is 8.06. The molecule has 1 atom stereocenters. The predicted octanol–water partition coefficient (Wildman–Crippen LogP) is 4.43. The van der Waals surface area contributed by atoms with Crippen LogP contribution in [0.5, 0.6) is 5.75 Å². The summed E-state index contributed by atoms with van der Waals surface area (Å²) < 4.78 is 41.5. The molecule has 144 valence electrons. The normalized spacial score (nSPS) is 13.3. The van der Waals surface area contributed by atoms with Crippen molar-refractivity contribution in [3.05, 3.63) is 48.6 Å². The van der Waals surface area contributed by atoms with E-state index in [0.29, 0.717) is 35.4 Å². The average Bonchev–Trinajstić information content (AvgIpc) is 2.55. The van der Waals surface area contributed by atoms with Crippen LogP contribution in [0, 0.1) is 0 Å². The number of nitrogens with zero attached hydrogens (tertiary/aromatic N) is 2. The first-order valence-corrected chi connectivity index (χ1v) is 8.06. The highest BCUT2D eigenvalue weighted by molar-refractivity contribution is 5.68. The lowest BCUT2D eigenvalue weighted by atomic mass is 10.1. The summed E-state index contributed by atoms with van der Waals surface area (Å²) >= 11 is 0. The second-order valence-corrected chi connectivity index (χ2v) is 5.62. The summed E-state index contributed by atoms with van der Waals surface area (Å²) in [6.07, 6.45) is -1.56. The molecule has 1 unspecified atom stereocenters. The zero-order valence-electron chi connectivity index (χ0n) is 15.1. The minimum Gasteiger partial charge on any atom is -0.402 e. The number of aliphatic hydroxyl groups is 1. The van der Waals surface area contributed by atoms with Crippen LogP contribution in [0.2, 0.25) is 0 Å². The molecule has 0 aromatic carbocycles. The fraction of sp³-hybridized carbons (Fsp3) is 0.389. The van der Waals surface area contributed by atoms with Crippen LogP contribution in [0.3, 0.4) is 0 Å². The molecule has 8 heteroatoms. The molecule has 26 heavy (non-hydrogen) atoms. The molecule has 0 amide bonds. The van der Waals surface area contributed by atoms with E-state index >= 15 is 0 Å². The molecule has 1 aromatic rings. The summed E-state index contributed by atoms with van der Waals surface area (Å²) in [5, 5.41) is 9.81. The number of ether oxygens (including phenoxy) is 1. The zero-order valence-corrected chi connectivity index (χ0v) is 15.1. The Bertz CT molecular complexity index is 697. The second-order valence-electron chi connectivity index (χ2n) is 5.62. The Morgan fingerprint density at radius 3 is 2.46 bits per heavy atom. The van der Waals surface area contributed by atoms with Gasteiger partial charge in [-0.25, -0.2) is 4.98 Å². The molecule has 1 rings (SSSR count). The van der Waals surface area contributed by atoms with Gasteiger partial charge in [-0.05, 0) is 31.4 Å². The molecule has 0 saturated heterocycles. The van der Waals surface area contributed by atoms with Crippen molar-refractivity contribution in [2.45, 2.75) is 46.1 Å². The van der Waals surface area contributed by atoms with Gasteiger partial charge in [-0.1, -0.05) is 27.0 Å². The maximum Gasteiger partial charge on any atom is 0.573 e. The molecule has 0 fully saturated rings. The molecule has 3 N–H and O–H groups in total. The van der Waals surface area contributed by atoms with Crippen molar-refractivity contribution in [3.8, 4) is 5.75 Å². The standard InChI is InChI=1S/C18H24F3N3O2/c1-6-11(3)24(12(4)13(5)25)10-14(7-2)15-8-16(17(22)23-9-15)26-18(19,20)21/h8-10,13,25H,3-4,6-7H2,1-2,5H3,(H2,22,23)/b14-10+. The lowest BCUT2D eigenvalue weighted by molar-refractivity contribution is -0.274. The number of halogens is 3. The van der Waals surface area contributed by atoms with E-state index in [-0.39, 0.29) is 5.82 Å². The van der Waals surface area contributed by atoms with Gasteiger partial charge >= 0.3 is 6.36 Å². The monoisotopic (exact) mass is 371 g/mol. The number of pyridine rings is 1. The van der Waals surface area contributed by atoms with Gasteiger partial charge in [-0.15, -0.1) is 13.2 Å². The summed E-state index contributed by atoms with van der Waals surface area (Å²) in [7, 11) is 0. The van der Waals surface area contributed by atoms with Crippen molar-refractivity contribution in [2.75, 3.05) is 5.73 Å². The molecule has 0 saturated carbocycles. The second kappa shape index (κ2) is 8.75. The van der Waals surface area contributed by atoms with Gasteiger partial charge in [0.1, 0.15) is 0 Å². The van der Waals surface area contributed by atoms with Gasteiger partial charge in [0.05, 0.1) is 6.10 Å². The van der Waals surface area contributed by atoms with Crippen LogP contribution >= 0.6 is 0 Å². The molecule has 0 bridgehead atoms. The van der Waals surface area contributed by atoms with Gasteiger partial charge in [0, 0.05) is 29.4 Å². The van der Waals surface area contributed by atoms with Crippen molar-refractivity contribution in [3.63, 3.8) is 0 Å². The summed E-state index contributed by atoms with van der Waals surface area (Å²) in [6.45, 7) is 13.1. The van der Waals surface area contributed by atoms with Crippen molar-refractivity contribution in [1.29, 1.82) is 0 Å². The maximum atomic E-state index is 12.5. The zero-order chi connectivity index (χ0) is 20.1. The Kier molecular flexibility index (Phi) is 7.26. The van der Waals surface area contributed by atoms with E-state index in [0.717, 1.165) is 0 Å². The highest BCUT2D eigenvalue weighted by Gasteiger charge is 2.32. The van der Waals surface area contributed by atoms with Gasteiger partial charge in [0.2, 0.25) is 0 Å². The summed E-state index contributed by atoms with van der Waals surface area (Å²) in [5.74, 6) is -0.922. The molecular weight excluding hydrogens is 347 g/mol. The molecular formula is C18H24F3N3O2.